The second-order valence-electron chi connectivity index (χ2n) is 8.22. The number of anilines is 4. The van der Waals surface area contributed by atoms with Crippen LogP contribution in [0.3, 0.4) is 0 Å². The molecule has 5 heterocycles. The molecule has 0 bridgehead atoms. The summed E-state index contributed by atoms with van der Waals surface area (Å²) in [5.41, 5.74) is 2.55. The molecule has 35 heavy (non-hydrogen) atoms. The van der Waals surface area contributed by atoms with E-state index in [2.05, 4.69) is 25.5 Å². The first-order valence-electron chi connectivity index (χ1n) is 11.5. The zero-order valence-corrected chi connectivity index (χ0v) is 20.4. The molecule has 0 spiro atoms. The third-order valence-electron chi connectivity index (χ3n) is 5.79. The quantitative estimate of drug-likeness (QED) is 0.471. The maximum absolute atomic E-state index is 12.2. The van der Waals surface area contributed by atoms with Gasteiger partial charge < -0.3 is 19.9 Å². The number of amides is 1. The van der Waals surface area contributed by atoms with Crippen LogP contribution in [0, 0.1) is 6.92 Å². The number of fused-ring (bicyclic) bond motifs is 1. The zero-order valence-electron chi connectivity index (χ0n) is 19.6. The highest BCUT2D eigenvalue weighted by atomic mass is 32.1. The lowest BCUT2D eigenvalue weighted by Crippen LogP contribution is -2.48. The molecule has 0 aromatic carbocycles. The average Bonchev–Trinajstić information content (AvgIpc) is 3.42. The molecule has 3 aromatic heterocycles. The van der Waals surface area contributed by atoms with Gasteiger partial charge in [0.2, 0.25) is 11.9 Å². The van der Waals surface area contributed by atoms with E-state index in [-0.39, 0.29) is 12.5 Å². The molecule has 0 unspecified atom stereocenters. The van der Waals surface area contributed by atoms with Gasteiger partial charge in [0.25, 0.3) is 0 Å². The first-order chi connectivity index (χ1) is 17.0. The third kappa shape index (κ3) is 4.87. The van der Waals surface area contributed by atoms with Crippen molar-refractivity contribution in [3.05, 3.63) is 46.2 Å². The second-order valence-corrected chi connectivity index (χ2v) is 9.22. The SMILES string of the molecule is CCOC(=O)c1sc(Nc2nc(N3CCNC(=O)C3)c3c(n2)N(Cc2ccccn2)CC3)nc1C. The van der Waals surface area contributed by atoms with Crippen LogP contribution in [0.1, 0.15) is 33.5 Å². The highest BCUT2D eigenvalue weighted by molar-refractivity contribution is 7.17. The van der Waals surface area contributed by atoms with Crippen LogP contribution in [0.25, 0.3) is 0 Å². The molecule has 12 heteroatoms. The van der Waals surface area contributed by atoms with E-state index in [1.165, 1.54) is 11.3 Å². The van der Waals surface area contributed by atoms with Crippen molar-refractivity contribution in [1.82, 2.24) is 25.3 Å². The van der Waals surface area contributed by atoms with E-state index in [0.717, 1.165) is 35.9 Å². The average molecular weight is 495 g/mol. The minimum atomic E-state index is -0.396. The minimum absolute atomic E-state index is 0.0314. The third-order valence-corrected chi connectivity index (χ3v) is 6.84. The van der Waals surface area contributed by atoms with Gasteiger partial charge in [0.1, 0.15) is 16.5 Å². The van der Waals surface area contributed by atoms with Crippen molar-refractivity contribution in [2.24, 2.45) is 0 Å². The van der Waals surface area contributed by atoms with Crippen molar-refractivity contribution in [3.63, 3.8) is 0 Å². The molecular weight excluding hydrogens is 468 g/mol. The maximum Gasteiger partial charge on any atom is 0.350 e. The molecule has 0 aliphatic carbocycles. The van der Waals surface area contributed by atoms with Crippen LogP contribution < -0.4 is 20.4 Å². The number of piperazine rings is 1. The highest BCUT2D eigenvalue weighted by Crippen LogP contribution is 2.36. The summed E-state index contributed by atoms with van der Waals surface area (Å²) in [6.45, 7) is 6.70. The van der Waals surface area contributed by atoms with E-state index < -0.39 is 5.97 Å². The van der Waals surface area contributed by atoms with Gasteiger partial charge in [-0.1, -0.05) is 17.4 Å². The molecule has 182 valence electrons. The molecule has 2 aliphatic rings. The molecule has 2 N–H and O–H groups in total. The van der Waals surface area contributed by atoms with Gasteiger partial charge in [0.05, 0.1) is 31.1 Å². The fourth-order valence-electron chi connectivity index (χ4n) is 4.21. The van der Waals surface area contributed by atoms with E-state index in [4.69, 9.17) is 14.7 Å². The van der Waals surface area contributed by atoms with Crippen LogP contribution in [0.15, 0.2) is 24.4 Å². The lowest BCUT2D eigenvalue weighted by atomic mass is 10.2. The highest BCUT2D eigenvalue weighted by Gasteiger charge is 2.30. The lowest BCUT2D eigenvalue weighted by Gasteiger charge is -2.29. The Labute approximate surface area is 206 Å². The smallest absolute Gasteiger partial charge is 0.350 e. The Morgan fingerprint density at radius 2 is 2.09 bits per heavy atom. The molecule has 1 amide bonds. The van der Waals surface area contributed by atoms with Crippen molar-refractivity contribution >= 4 is 45.9 Å². The van der Waals surface area contributed by atoms with Gasteiger partial charge in [-0.3, -0.25) is 15.1 Å². The number of hydrogen-bond acceptors (Lipinski definition) is 11. The van der Waals surface area contributed by atoms with Gasteiger partial charge in [-0.15, -0.1) is 0 Å². The van der Waals surface area contributed by atoms with Crippen molar-refractivity contribution in [1.29, 1.82) is 0 Å². The van der Waals surface area contributed by atoms with Crippen LogP contribution in [0.2, 0.25) is 0 Å². The summed E-state index contributed by atoms with van der Waals surface area (Å²) in [5, 5.41) is 6.54. The van der Waals surface area contributed by atoms with Crippen molar-refractivity contribution in [3.8, 4) is 0 Å². The van der Waals surface area contributed by atoms with Crippen molar-refractivity contribution in [2.45, 2.75) is 26.8 Å². The maximum atomic E-state index is 12.2. The molecule has 11 nitrogen and oxygen atoms in total. The predicted molar refractivity (Wildman–Crippen MR) is 132 cm³/mol. The Bertz CT molecular complexity index is 1250. The number of pyridine rings is 1. The Balaban J connectivity index is 1.49. The number of aromatic nitrogens is 4. The molecule has 0 radical (unpaired) electrons. The minimum Gasteiger partial charge on any atom is -0.462 e. The summed E-state index contributed by atoms with van der Waals surface area (Å²) in [6, 6.07) is 5.85. The van der Waals surface area contributed by atoms with Crippen molar-refractivity contribution in [2.75, 3.05) is 47.9 Å². The number of hydrogen-bond donors (Lipinski definition) is 2. The van der Waals surface area contributed by atoms with E-state index in [9.17, 15) is 9.59 Å². The van der Waals surface area contributed by atoms with Crippen LogP contribution in [0.4, 0.5) is 22.7 Å². The Morgan fingerprint density at radius 1 is 1.23 bits per heavy atom. The number of nitrogens with one attached hydrogen (secondary N) is 2. The Morgan fingerprint density at radius 3 is 2.86 bits per heavy atom. The number of rotatable bonds is 7. The first kappa shape index (κ1) is 23.0. The molecule has 0 saturated carbocycles. The fourth-order valence-corrected chi connectivity index (χ4v) is 5.06. The van der Waals surface area contributed by atoms with Crippen LogP contribution in [-0.2, 0) is 22.5 Å². The topological polar surface area (TPSA) is 125 Å². The summed E-state index contributed by atoms with van der Waals surface area (Å²) >= 11 is 1.20. The normalized spacial score (nSPS) is 15.1. The van der Waals surface area contributed by atoms with Gasteiger partial charge in [-0.25, -0.2) is 9.78 Å². The standard InChI is InChI=1S/C23H26N8O3S/c1-3-34-21(33)18-14(2)26-23(35-18)29-22-27-19-16(20(28-22)31-11-9-25-17(32)13-31)7-10-30(19)12-15-6-4-5-8-24-15/h4-6,8H,3,7,9-13H2,1-2H3,(H,25,32)(H,26,27,28,29). The largest absolute Gasteiger partial charge is 0.462 e. The summed E-state index contributed by atoms with van der Waals surface area (Å²) in [4.78, 5) is 47.5. The number of esters is 1. The number of thiazole rings is 1. The van der Waals surface area contributed by atoms with E-state index in [1.54, 1.807) is 20.0 Å². The van der Waals surface area contributed by atoms with Crippen LogP contribution in [-0.4, -0.2) is 64.6 Å². The van der Waals surface area contributed by atoms with Crippen LogP contribution >= 0.6 is 11.3 Å². The molecule has 1 fully saturated rings. The second kappa shape index (κ2) is 9.82. The van der Waals surface area contributed by atoms with Crippen LogP contribution in [0.5, 0.6) is 0 Å². The number of carbonyl (C=O) groups excluding carboxylic acids is 2. The first-order valence-corrected chi connectivity index (χ1v) is 12.3. The number of aryl methyl sites for hydroxylation is 1. The summed E-state index contributed by atoms with van der Waals surface area (Å²) in [7, 11) is 0. The van der Waals surface area contributed by atoms with E-state index >= 15 is 0 Å². The molecule has 5 rings (SSSR count). The summed E-state index contributed by atoms with van der Waals surface area (Å²) in [6.07, 6.45) is 2.56. The Kier molecular flexibility index (Phi) is 6.45. The van der Waals surface area contributed by atoms with Gasteiger partial charge in [0, 0.05) is 31.4 Å². The zero-order chi connectivity index (χ0) is 24.4. The number of carbonyl (C=O) groups is 2. The molecule has 2 aliphatic heterocycles. The van der Waals surface area contributed by atoms with E-state index in [0.29, 0.717) is 47.9 Å². The van der Waals surface area contributed by atoms with Gasteiger partial charge in [-0.05, 0) is 32.4 Å². The number of nitrogens with zero attached hydrogens (tertiary/aromatic N) is 6. The summed E-state index contributed by atoms with van der Waals surface area (Å²) < 4.78 is 5.13. The molecule has 0 atom stereocenters. The van der Waals surface area contributed by atoms with Gasteiger partial charge in [-0.2, -0.15) is 9.97 Å². The van der Waals surface area contributed by atoms with E-state index in [1.807, 2.05) is 23.1 Å². The molecular formula is C23H26N8O3S. The Hall–Kier alpha value is -3.80. The van der Waals surface area contributed by atoms with Gasteiger partial charge in [0.15, 0.2) is 5.13 Å². The fraction of sp³-hybridized carbons (Fsp3) is 0.391. The summed E-state index contributed by atoms with van der Waals surface area (Å²) in [5.74, 6) is 1.49. The molecule has 1 saturated heterocycles. The lowest BCUT2D eigenvalue weighted by molar-refractivity contribution is -0.120. The van der Waals surface area contributed by atoms with Crippen molar-refractivity contribution < 1.29 is 14.3 Å². The predicted octanol–water partition coefficient (Wildman–Crippen LogP) is 2.06. The monoisotopic (exact) mass is 494 g/mol. The number of ether oxygens (including phenoxy) is 1. The van der Waals surface area contributed by atoms with Gasteiger partial charge >= 0.3 is 5.97 Å². The molecule has 3 aromatic rings.